The monoisotopic (exact) mass is 350 g/mol. The lowest BCUT2D eigenvalue weighted by molar-refractivity contribution is 0.869. The van der Waals surface area contributed by atoms with E-state index in [-0.39, 0.29) is 6.04 Å². The second-order valence-electron chi connectivity index (χ2n) is 3.82. The number of nitrogens with one attached hydrogen (secondary N) is 1. The van der Waals surface area contributed by atoms with Gasteiger partial charge in [-0.1, -0.05) is 12.1 Å². The van der Waals surface area contributed by atoms with Gasteiger partial charge < -0.3 is 5.32 Å². The summed E-state index contributed by atoms with van der Waals surface area (Å²) in [5.41, 5.74) is 1.78. The van der Waals surface area contributed by atoms with E-state index in [4.69, 9.17) is 5.26 Å². The van der Waals surface area contributed by atoms with Gasteiger partial charge in [0, 0.05) is 12.2 Å². The Morgan fingerprint density at radius 2 is 2.06 bits per heavy atom. The van der Waals surface area contributed by atoms with E-state index in [2.05, 4.69) is 50.9 Å². The molecule has 0 aliphatic heterocycles. The first kappa shape index (κ1) is 12.8. The second-order valence-corrected chi connectivity index (χ2v) is 4.98. The van der Waals surface area contributed by atoms with E-state index in [1.807, 2.05) is 24.3 Å². The van der Waals surface area contributed by atoms with Crippen molar-refractivity contribution in [2.24, 2.45) is 0 Å². The molecule has 1 atom stereocenters. The van der Waals surface area contributed by atoms with Crippen LogP contribution in [0.15, 0.2) is 36.8 Å². The first-order chi connectivity index (χ1) is 8.70. The molecule has 0 saturated carbocycles. The summed E-state index contributed by atoms with van der Waals surface area (Å²) in [7, 11) is 0. The highest BCUT2D eigenvalue weighted by Gasteiger charge is 2.08. The Balaban J connectivity index is 2.15. The Morgan fingerprint density at radius 1 is 1.33 bits per heavy atom. The Bertz CT molecular complexity index is 574. The summed E-state index contributed by atoms with van der Waals surface area (Å²) in [6.45, 7) is 2.06. The van der Waals surface area contributed by atoms with Gasteiger partial charge in [-0.2, -0.15) is 5.26 Å². The third-order valence-electron chi connectivity index (χ3n) is 2.56. The van der Waals surface area contributed by atoms with Crippen LogP contribution in [0, 0.1) is 14.9 Å². The maximum absolute atomic E-state index is 8.76. The van der Waals surface area contributed by atoms with Crippen LogP contribution < -0.4 is 5.32 Å². The standard InChI is InChI=1S/C13H11IN4/c1-9(11-4-2-10(6-15)3-5-11)18-13-12(14)7-16-8-17-13/h2-5,7-9H,1H3,(H,16,17,18). The summed E-state index contributed by atoms with van der Waals surface area (Å²) in [6, 6.07) is 9.77. The molecule has 0 bridgehead atoms. The number of rotatable bonds is 3. The van der Waals surface area contributed by atoms with Crippen LogP contribution in [-0.4, -0.2) is 9.97 Å². The molecule has 1 aromatic carbocycles. The summed E-state index contributed by atoms with van der Waals surface area (Å²) in [5.74, 6) is 0.822. The van der Waals surface area contributed by atoms with Gasteiger partial charge in [-0.05, 0) is 47.2 Å². The molecule has 5 heteroatoms. The zero-order valence-electron chi connectivity index (χ0n) is 9.76. The van der Waals surface area contributed by atoms with Crippen molar-refractivity contribution in [3.8, 4) is 6.07 Å². The number of hydrogen-bond donors (Lipinski definition) is 1. The summed E-state index contributed by atoms with van der Waals surface area (Å²) < 4.78 is 0.982. The van der Waals surface area contributed by atoms with Gasteiger partial charge in [0.05, 0.1) is 15.2 Å². The summed E-state index contributed by atoms with van der Waals surface area (Å²) in [4.78, 5) is 8.15. The van der Waals surface area contributed by atoms with Crippen molar-refractivity contribution in [1.29, 1.82) is 5.26 Å². The van der Waals surface area contributed by atoms with E-state index in [1.165, 1.54) is 6.33 Å². The molecule has 0 aliphatic carbocycles. The van der Waals surface area contributed by atoms with Crippen LogP contribution in [0.1, 0.15) is 24.1 Å². The predicted molar refractivity (Wildman–Crippen MR) is 77.9 cm³/mol. The van der Waals surface area contributed by atoms with Gasteiger partial charge in [0.15, 0.2) is 0 Å². The highest BCUT2D eigenvalue weighted by Crippen LogP contribution is 2.21. The third-order valence-corrected chi connectivity index (χ3v) is 3.35. The highest BCUT2D eigenvalue weighted by molar-refractivity contribution is 14.1. The largest absolute Gasteiger partial charge is 0.363 e. The lowest BCUT2D eigenvalue weighted by Crippen LogP contribution is -2.09. The highest BCUT2D eigenvalue weighted by atomic mass is 127. The van der Waals surface area contributed by atoms with E-state index in [9.17, 15) is 0 Å². The normalized spacial score (nSPS) is 11.6. The molecule has 1 N–H and O–H groups in total. The number of anilines is 1. The Hall–Kier alpha value is -1.68. The predicted octanol–water partition coefficient (Wildman–Crippen LogP) is 3.13. The lowest BCUT2D eigenvalue weighted by atomic mass is 10.1. The Kier molecular flexibility index (Phi) is 4.10. The van der Waals surface area contributed by atoms with Crippen LogP contribution in [0.3, 0.4) is 0 Å². The van der Waals surface area contributed by atoms with Gasteiger partial charge >= 0.3 is 0 Å². The van der Waals surface area contributed by atoms with Crippen LogP contribution in [0.5, 0.6) is 0 Å². The average Bonchev–Trinajstić information content (AvgIpc) is 2.41. The van der Waals surface area contributed by atoms with Gasteiger partial charge in [-0.3, -0.25) is 0 Å². The van der Waals surface area contributed by atoms with Gasteiger partial charge in [0.25, 0.3) is 0 Å². The third kappa shape index (κ3) is 2.96. The van der Waals surface area contributed by atoms with Crippen molar-refractivity contribution in [3.05, 3.63) is 51.5 Å². The summed E-state index contributed by atoms with van der Waals surface area (Å²) >= 11 is 2.19. The number of benzene rings is 1. The van der Waals surface area contributed by atoms with Crippen molar-refractivity contribution in [3.63, 3.8) is 0 Å². The average molecular weight is 350 g/mol. The molecule has 0 amide bonds. The van der Waals surface area contributed by atoms with Crippen LogP contribution in [0.4, 0.5) is 5.82 Å². The SMILES string of the molecule is CC(Nc1ncncc1I)c1ccc(C#N)cc1. The zero-order chi connectivity index (χ0) is 13.0. The molecule has 18 heavy (non-hydrogen) atoms. The number of hydrogen-bond acceptors (Lipinski definition) is 4. The molecule has 2 rings (SSSR count). The number of nitriles is 1. The fourth-order valence-electron chi connectivity index (χ4n) is 1.55. The van der Waals surface area contributed by atoms with Crippen LogP contribution in [0.2, 0.25) is 0 Å². The van der Waals surface area contributed by atoms with Crippen molar-refractivity contribution < 1.29 is 0 Å². The quantitative estimate of drug-likeness (QED) is 0.864. The molecule has 4 nitrogen and oxygen atoms in total. The molecule has 2 aromatic rings. The topological polar surface area (TPSA) is 61.6 Å². The smallest absolute Gasteiger partial charge is 0.143 e. The molecule has 90 valence electrons. The van der Waals surface area contributed by atoms with Crippen LogP contribution in [-0.2, 0) is 0 Å². The molecule has 1 aromatic heterocycles. The first-order valence-electron chi connectivity index (χ1n) is 5.43. The molecular weight excluding hydrogens is 339 g/mol. The molecule has 0 saturated heterocycles. The fraction of sp³-hybridized carbons (Fsp3) is 0.154. The maximum Gasteiger partial charge on any atom is 0.143 e. The molecule has 0 fully saturated rings. The summed E-state index contributed by atoms with van der Waals surface area (Å²) in [5, 5.41) is 12.1. The van der Waals surface area contributed by atoms with Crippen molar-refractivity contribution >= 4 is 28.4 Å². The molecule has 0 aliphatic rings. The maximum atomic E-state index is 8.76. The van der Waals surface area contributed by atoms with Gasteiger partial charge in [-0.25, -0.2) is 9.97 Å². The van der Waals surface area contributed by atoms with E-state index >= 15 is 0 Å². The van der Waals surface area contributed by atoms with Crippen LogP contribution >= 0.6 is 22.6 Å². The van der Waals surface area contributed by atoms with Crippen molar-refractivity contribution in [1.82, 2.24) is 9.97 Å². The minimum absolute atomic E-state index is 0.126. The van der Waals surface area contributed by atoms with E-state index in [0.717, 1.165) is 15.0 Å². The van der Waals surface area contributed by atoms with Gasteiger partial charge in [0.1, 0.15) is 12.1 Å². The Morgan fingerprint density at radius 3 is 2.67 bits per heavy atom. The minimum Gasteiger partial charge on any atom is -0.363 e. The summed E-state index contributed by atoms with van der Waals surface area (Å²) in [6.07, 6.45) is 3.29. The number of halogens is 1. The zero-order valence-corrected chi connectivity index (χ0v) is 11.9. The van der Waals surface area contributed by atoms with Crippen molar-refractivity contribution in [2.75, 3.05) is 5.32 Å². The number of nitrogens with zero attached hydrogens (tertiary/aromatic N) is 3. The second kappa shape index (κ2) is 5.78. The van der Waals surface area contributed by atoms with Gasteiger partial charge in [-0.15, -0.1) is 0 Å². The minimum atomic E-state index is 0.126. The fourth-order valence-corrected chi connectivity index (χ4v) is 2.01. The lowest BCUT2D eigenvalue weighted by Gasteiger charge is -2.15. The van der Waals surface area contributed by atoms with E-state index < -0.39 is 0 Å². The Labute approximate surface area is 119 Å². The molecule has 0 spiro atoms. The first-order valence-corrected chi connectivity index (χ1v) is 6.50. The molecule has 1 unspecified atom stereocenters. The van der Waals surface area contributed by atoms with Crippen molar-refractivity contribution in [2.45, 2.75) is 13.0 Å². The van der Waals surface area contributed by atoms with Gasteiger partial charge in [0.2, 0.25) is 0 Å². The van der Waals surface area contributed by atoms with Crippen LogP contribution in [0.25, 0.3) is 0 Å². The molecular formula is C13H11IN4. The number of aromatic nitrogens is 2. The molecule has 1 heterocycles. The van der Waals surface area contributed by atoms with E-state index in [0.29, 0.717) is 5.56 Å². The van der Waals surface area contributed by atoms with E-state index in [1.54, 1.807) is 6.20 Å². The molecule has 0 radical (unpaired) electrons.